The normalized spacial score (nSPS) is 11.3. The molecule has 4 nitrogen and oxygen atoms in total. The Kier molecular flexibility index (Phi) is 3.89. The molecule has 2 aromatic carbocycles. The van der Waals surface area contributed by atoms with Gasteiger partial charge in [0.1, 0.15) is 10.6 Å². The Hall–Kier alpha value is -1.43. The van der Waals surface area contributed by atoms with Crippen molar-refractivity contribution in [2.45, 2.75) is 4.90 Å². The highest BCUT2D eigenvalue weighted by Gasteiger charge is 2.19. The Morgan fingerprint density at radius 3 is 2.42 bits per heavy atom. The molecule has 2 rings (SSSR count). The Labute approximate surface area is 120 Å². The molecular weight excluding hydrogens is 309 g/mol. The zero-order valence-corrected chi connectivity index (χ0v) is 11.8. The fraction of sp³-hybridized carbons (Fsp3) is 0. The van der Waals surface area contributed by atoms with Gasteiger partial charge in [0.15, 0.2) is 0 Å². The van der Waals surface area contributed by atoms with Gasteiger partial charge in [0.2, 0.25) is 0 Å². The lowest BCUT2D eigenvalue weighted by Gasteiger charge is -2.10. The maximum Gasteiger partial charge on any atom is 0.263 e. The molecule has 2 aromatic rings. The molecule has 7 heteroatoms. The first-order valence-electron chi connectivity index (χ1n) is 5.16. The van der Waals surface area contributed by atoms with Gasteiger partial charge in [0.05, 0.1) is 10.7 Å². The number of sulfonamides is 1. The molecule has 0 aromatic heterocycles. The fourth-order valence-corrected chi connectivity index (χ4v) is 3.21. The van der Waals surface area contributed by atoms with Crippen molar-refractivity contribution in [3.63, 3.8) is 0 Å². The number of phenolic OH excluding ortho intramolecular Hbond substituents is 1. The number of hydrogen-bond donors (Lipinski definition) is 2. The van der Waals surface area contributed by atoms with Gasteiger partial charge in [-0.05, 0) is 30.3 Å². The molecule has 100 valence electrons. The highest BCUT2D eigenvalue weighted by Crippen LogP contribution is 2.30. The number of nitrogens with one attached hydrogen (secondary N) is 1. The minimum atomic E-state index is -3.88. The van der Waals surface area contributed by atoms with E-state index in [1.165, 1.54) is 30.3 Å². The van der Waals surface area contributed by atoms with Gasteiger partial charge in [-0.1, -0.05) is 35.3 Å². The van der Waals surface area contributed by atoms with Crippen molar-refractivity contribution in [2.24, 2.45) is 0 Å². The van der Waals surface area contributed by atoms with E-state index in [1.54, 1.807) is 12.1 Å². The van der Waals surface area contributed by atoms with Crippen molar-refractivity contribution in [2.75, 3.05) is 4.72 Å². The highest BCUT2D eigenvalue weighted by atomic mass is 35.5. The first-order valence-corrected chi connectivity index (χ1v) is 7.40. The van der Waals surface area contributed by atoms with Gasteiger partial charge >= 0.3 is 0 Å². The standard InChI is InChI=1S/C12H9Cl2NO3S/c13-8-5-6-11(16)10(7-8)15-19(17,18)12-4-2-1-3-9(12)14/h1-7,15-16H. The van der Waals surface area contributed by atoms with Crippen molar-refractivity contribution in [1.29, 1.82) is 0 Å². The van der Waals surface area contributed by atoms with E-state index in [2.05, 4.69) is 4.72 Å². The monoisotopic (exact) mass is 317 g/mol. The summed E-state index contributed by atoms with van der Waals surface area (Å²) in [4.78, 5) is -0.0731. The predicted molar refractivity (Wildman–Crippen MR) is 75.4 cm³/mol. The van der Waals surface area contributed by atoms with Crippen LogP contribution in [0.5, 0.6) is 5.75 Å². The Balaban J connectivity index is 2.43. The second kappa shape index (κ2) is 5.28. The van der Waals surface area contributed by atoms with Crippen molar-refractivity contribution in [3.8, 4) is 5.75 Å². The third-order valence-corrected chi connectivity index (χ3v) is 4.43. The summed E-state index contributed by atoms with van der Waals surface area (Å²) in [7, 11) is -3.88. The molecule has 0 atom stereocenters. The summed E-state index contributed by atoms with van der Waals surface area (Å²) in [5, 5.41) is 9.99. The molecule has 0 heterocycles. The molecule has 0 radical (unpaired) electrons. The van der Waals surface area contributed by atoms with Crippen LogP contribution in [0.1, 0.15) is 0 Å². The SMILES string of the molecule is O=S(=O)(Nc1cc(Cl)ccc1O)c1ccccc1Cl. The number of hydrogen-bond acceptors (Lipinski definition) is 3. The Morgan fingerprint density at radius 2 is 1.74 bits per heavy atom. The third kappa shape index (κ3) is 3.12. The summed E-state index contributed by atoms with van der Waals surface area (Å²) in [5.74, 6) is -0.222. The predicted octanol–water partition coefficient (Wildman–Crippen LogP) is 3.50. The molecule has 0 aliphatic heterocycles. The lowest BCUT2D eigenvalue weighted by atomic mass is 10.3. The van der Waals surface area contributed by atoms with E-state index in [4.69, 9.17) is 23.2 Å². The van der Waals surface area contributed by atoms with Gasteiger partial charge in [-0.25, -0.2) is 8.42 Å². The lowest BCUT2D eigenvalue weighted by molar-refractivity contribution is 0.477. The zero-order valence-electron chi connectivity index (χ0n) is 9.47. The quantitative estimate of drug-likeness (QED) is 0.851. The number of halogens is 2. The van der Waals surface area contributed by atoms with E-state index in [0.717, 1.165) is 0 Å². The third-order valence-electron chi connectivity index (χ3n) is 2.33. The van der Waals surface area contributed by atoms with Crippen LogP contribution in [-0.2, 0) is 10.0 Å². The van der Waals surface area contributed by atoms with Crippen LogP contribution in [0.3, 0.4) is 0 Å². The molecule has 0 aliphatic carbocycles. The topological polar surface area (TPSA) is 66.4 Å². The number of phenols is 1. The van der Waals surface area contributed by atoms with Gasteiger partial charge < -0.3 is 5.11 Å². The van der Waals surface area contributed by atoms with Crippen molar-refractivity contribution >= 4 is 38.9 Å². The smallest absolute Gasteiger partial charge is 0.263 e. The van der Waals surface area contributed by atoms with Gasteiger partial charge in [0, 0.05) is 5.02 Å². The number of aromatic hydroxyl groups is 1. The largest absolute Gasteiger partial charge is 0.506 e. The van der Waals surface area contributed by atoms with Gasteiger partial charge in [0.25, 0.3) is 10.0 Å². The van der Waals surface area contributed by atoms with Crippen LogP contribution in [0, 0.1) is 0 Å². The average Bonchev–Trinajstić information content (AvgIpc) is 2.34. The molecular formula is C12H9Cl2NO3S. The van der Waals surface area contributed by atoms with Crippen LogP contribution in [0.2, 0.25) is 10.0 Å². The number of benzene rings is 2. The highest BCUT2D eigenvalue weighted by molar-refractivity contribution is 7.92. The molecule has 19 heavy (non-hydrogen) atoms. The fourth-order valence-electron chi connectivity index (χ4n) is 1.45. The Bertz CT molecular complexity index is 717. The maximum atomic E-state index is 12.1. The van der Waals surface area contributed by atoms with Crippen LogP contribution in [0.25, 0.3) is 0 Å². The van der Waals surface area contributed by atoms with Gasteiger partial charge in [-0.3, -0.25) is 4.72 Å². The second-order valence-electron chi connectivity index (χ2n) is 3.70. The molecule has 0 bridgehead atoms. The lowest BCUT2D eigenvalue weighted by Crippen LogP contribution is -2.13. The van der Waals surface area contributed by atoms with E-state index < -0.39 is 10.0 Å². The van der Waals surface area contributed by atoms with E-state index >= 15 is 0 Å². The average molecular weight is 318 g/mol. The summed E-state index contributed by atoms with van der Waals surface area (Å²) in [6.45, 7) is 0. The summed E-state index contributed by atoms with van der Waals surface area (Å²) in [6, 6.07) is 10.1. The van der Waals surface area contributed by atoms with Crippen LogP contribution in [0.15, 0.2) is 47.4 Å². The van der Waals surface area contributed by atoms with Crippen molar-refractivity contribution < 1.29 is 13.5 Å². The van der Waals surface area contributed by atoms with Crippen molar-refractivity contribution in [1.82, 2.24) is 0 Å². The van der Waals surface area contributed by atoms with E-state index in [1.807, 2.05) is 0 Å². The molecule has 0 saturated heterocycles. The molecule has 0 amide bonds. The van der Waals surface area contributed by atoms with Crippen LogP contribution in [-0.4, -0.2) is 13.5 Å². The summed E-state index contributed by atoms with van der Waals surface area (Å²) in [6.07, 6.45) is 0. The molecule has 0 aliphatic rings. The summed E-state index contributed by atoms with van der Waals surface area (Å²) < 4.78 is 26.5. The maximum absolute atomic E-state index is 12.1. The Morgan fingerprint density at radius 1 is 1.05 bits per heavy atom. The first kappa shape index (κ1) is 14.0. The minimum Gasteiger partial charge on any atom is -0.506 e. The van der Waals surface area contributed by atoms with E-state index in [-0.39, 0.29) is 21.4 Å². The molecule has 0 unspecified atom stereocenters. The summed E-state index contributed by atoms with van der Waals surface area (Å²) in [5.41, 5.74) is -0.00702. The first-order chi connectivity index (χ1) is 8.90. The van der Waals surface area contributed by atoms with Crippen LogP contribution >= 0.6 is 23.2 Å². The van der Waals surface area contributed by atoms with Gasteiger partial charge in [-0.15, -0.1) is 0 Å². The van der Waals surface area contributed by atoms with Crippen molar-refractivity contribution in [3.05, 3.63) is 52.5 Å². The van der Waals surface area contributed by atoms with Crippen LogP contribution < -0.4 is 4.72 Å². The molecule has 0 spiro atoms. The summed E-state index contributed by atoms with van der Waals surface area (Å²) >= 11 is 11.6. The van der Waals surface area contributed by atoms with Crippen LogP contribution in [0.4, 0.5) is 5.69 Å². The zero-order chi connectivity index (χ0) is 14.0. The molecule has 2 N–H and O–H groups in total. The van der Waals surface area contributed by atoms with E-state index in [9.17, 15) is 13.5 Å². The second-order valence-corrected chi connectivity index (χ2v) is 6.19. The minimum absolute atomic E-state index is 0.00702. The number of rotatable bonds is 3. The van der Waals surface area contributed by atoms with E-state index in [0.29, 0.717) is 5.02 Å². The van der Waals surface area contributed by atoms with Gasteiger partial charge in [-0.2, -0.15) is 0 Å². The molecule has 0 fully saturated rings. The number of anilines is 1. The molecule has 0 saturated carbocycles.